The molecule has 0 unspecified atom stereocenters. The van der Waals surface area contributed by atoms with Gasteiger partial charge >= 0.3 is 5.97 Å². The van der Waals surface area contributed by atoms with Crippen LogP contribution in [0.1, 0.15) is 42.5 Å². The van der Waals surface area contributed by atoms with Gasteiger partial charge in [-0.1, -0.05) is 60.7 Å². The second-order valence-corrected chi connectivity index (χ2v) is 17.0. The quantitative estimate of drug-likeness (QED) is 0.0142. The van der Waals surface area contributed by atoms with E-state index < -0.39 is 77.7 Å². The van der Waals surface area contributed by atoms with Crippen LogP contribution >= 0.6 is 25.3 Å². The van der Waals surface area contributed by atoms with Gasteiger partial charge in [0.2, 0.25) is 35.4 Å². The Balaban J connectivity index is 1.41. The average Bonchev–Trinajstić information content (AvgIpc) is 4.01. The van der Waals surface area contributed by atoms with Gasteiger partial charge in [0.05, 0.1) is 18.1 Å². The van der Waals surface area contributed by atoms with Crippen molar-refractivity contribution in [3.05, 3.63) is 102 Å². The maximum absolute atomic E-state index is 14.6. The number of thiol groups is 2. The first-order chi connectivity index (χ1) is 33.1. The number of carbonyl (C=O) groups excluding carboxylic acids is 6. The number of aliphatic carboxylic acids is 1. The van der Waals surface area contributed by atoms with Crippen LogP contribution in [0, 0.1) is 5.41 Å². The number of hydrogen-bond acceptors (Lipinski definition) is 12. The summed E-state index contributed by atoms with van der Waals surface area (Å²) < 4.78 is 0. The molecular weight excluding hydrogens is 927 g/mol. The normalized spacial score (nSPS) is 13.7. The Kier molecular flexibility index (Phi) is 20.3. The summed E-state index contributed by atoms with van der Waals surface area (Å²) in [6.45, 7) is 0.156. The number of fused-ring (bicyclic) bond motifs is 2. The van der Waals surface area contributed by atoms with Gasteiger partial charge in [-0.25, -0.2) is 9.78 Å². The van der Waals surface area contributed by atoms with Crippen LogP contribution in [0.25, 0.3) is 21.7 Å². The Morgan fingerprint density at radius 3 is 2.00 bits per heavy atom. The van der Waals surface area contributed by atoms with Crippen molar-refractivity contribution in [3.8, 4) is 0 Å². The molecule has 2 heterocycles. The lowest BCUT2D eigenvalue weighted by atomic mass is 9.99. The van der Waals surface area contributed by atoms with Crippen molar-refractivity contribution in [2.45, 2.75) is 81.2 Å². The van der Waals surface area contributed by atoms with E-state index in [0.717, 1.165) is 21.7 Å². The molecule has 0 radical (unpaired) electrons. The molecule has 368 valence electrons. The summed E-state index contributed by atoms with van der Waals surface area (Å²) in [5.74, 6) is -5.67. The van der Waals surface area contributed by atoms with Crippen molar-refractivity contribution in [1.82, 2.24) is 52.2 Å². The minimum absolute atomic E-state index is 0.000323. The largest absolute Gasteiger partial charge is 0.480 e. The topological polar surface area (TPSA) is 344 Å². The van der Waals surface area contributed by atoms with Crippen LogP contribution in [0.4, 0.5) is 0 Å². The lowest BCUT2D eigenvalue weighted by Crippen LogP contribution is -2.60. The van der Waals surface area contributed by atoms with Crippen molar-refractivity contribution in [2.75, 3.05) is 24.6 Å². The fourth-order valence-corrected chi connectivity index (χ4v) is 7.79. The van der Waals surface area contributed by atoms with Crippen molar-refractivity contribution in [2.24, 2.45) is 11.5 Å². The number of rotatable bonds is 27. The first-order valence-electron chi connectivity index (χ1n) is 22.2. The highest BCUT2D eigenvalue weighted by atomic mass is 32.1. The molecule has 0 aliphatic carbocycles. The summed E-state index contributed by atoms with van der Waals surface area (Å²) in [6, 6.07) is 13.3. The van der Waals surface area contributed by atoms with E-state index in [0.29, 0.717) is 16.8 Å². The summed E-state index contributed by atoms with van der Waals surface area (Å²) in [4.78, 5) is 104. The maximum atomic E-state index is 14.6. The van der Waals surface area contributed by atoms with E-state index in [1.807, 2.05) is 66.7 Å². The third-order valence-electron chi connectivity index (χ3n) is 11.1. The molecule has 0 spiro atoms. The molecule has 6 atom stereocenters. The highest BCUT2D eigenvalue weighted by Gasteiger charge is 2.33. The minimum atomic E-state index is -1.32. The van der Waals surface area contributed by atoms with Crippen LogP contribution in [-0.4, -0.2) is 128 Å². The van der Waals surface area contributed by atoms with E-state index >= 15 is 0 Å². The molecule has 5 aromatic rings. The first-order valence-corrected chi connectivity index (χ1v) is 23.5. The molecule has 0 aliphatic rings. The Morgan fingerprint density at radius 1 is 0.681 bits per heavy atom. The molecule has 0 aliphatic heterocycles. The number of hydrogen-bond donors (Lipinski definition) is 15. The molecular formula is C46H59N13O8S2. The molecule has 0 bridgehead atoms. The number of carboxylic acid groups (broad SMARTS) is 1. The lowest BCUT2D eigenvalue weighted by molar-refractivity contribution is -0.141. The van der Waals surface area contributed by atoms with Gasteiger partial charge in [-0.2, -0.15) is 25.3 Å². The molecule has 0 fully saturated rings. The summed E-state index contributed by atoms with van der Waals surface area (Å²) in [5, 5.41) is 38.4. The second kappa shape index (κ2) is 26.4. The summed E-state index contributed by atoms with van der Waals surface area (Å²) >= 11 is 8.08. The molecule has 2 aromatic heterocycles. The number of guanidine groups is 1. The Morgan fingerprint density at radius 2 is 1.32 bits per heavy atom. The SMILES string of the molecule is N=C(N)NCCC[C@H](NC(=O)[C@@H](Cc1ccc2ccccc2c1)NC(=O)[C@H](Cc1c[nH]cn1)NC(=O)[C@@H](N)CS)C(=O)N[C@@H](Cc1c[nH]c2ccccc12)C(=O)NCCCC(=O)N[C@@H](CS)C(=O)O. The van der Waals surface area contributed by atoms with Crippen LogP contribution in [0.5, 0.6) is 0 Å². The number of H-pyrrole nitrogens is 2. The number of nitrogens with one attached hydrogen (secondary N) is 10. The standard InChI is InChI=1S/C46H59N13O8S2/c47-32(23-68)40(61)57-37(20-30-22-50-25-54-30)44(65)58-35(18-26-13-14-27-7-1-2-8-28(27)17-26)43(64)56-34(11-5-16-52-46(48)49)42(63)59-36(19-29-21-53-33-10-4-3-9-31(29)33)41(62)51-15-6-12-39(60)55-38(24-69)45(66)67/h1-4,7-10,13-14,17,21-22,25,32,34-38,53,68-69H,5-6,11-12,15-16,18-20,23-24,47H2,(H,50,54)(H,51,62)(H,55,60)(H,56,64)(H,57,61)(H,58,65)(H,59,63)(H,66,67)(H4,48,49,52)/t32-,34-,35+,36-,37-,38-/m0/s1. The summed E-state index contributed by atoms with van der Waals surface area (Å²) in [6.07, 6.45) is 4.86. The van der Waals surface area contributed by atoms with Crippen LogP contribution in [0.3, 0.4) is 0 Å². The molecule has 69 heavy (non-hydrogen) atoms. The van der Waals surface area contributed by atoms with Crippen LogP contribution in [0.2, 0.25) is 0 Å². The number of benzene rings is 3. The number of aromatic nitrogens is 3. The van der Waals surface area contributed by atoms with E-state index in [-0.39, 0.29) is 75.5 Å². The van der Waals surface area contributed by atoms with Crippen molar-refractivity contribution < 1.29 is 38.7 Å². The molecule has 15 N–H and O–H groups in total. The molecule has 23 heteroatoms. The Hall–Kier alpha value is -7.11. The number of aromatic amines is 2. The van der Waals surface area contributed by atoms with Crippen LogP contribution < -0.4 is 48.7 Å². The Bertz CT molecular complexity index is 2580. The van der Waals surface area contributed by atoms with E-state index in [4.69, 9.17) is 16.9 Å². The van der Waals surface area contributed by atoms with Gasteiger partial charge in [-0.15, -0.1) is 0 Å². The molecule has 0 saturated carbocycles. The zero-order chi connectivity index (χ0) is 49.9. The molecule has 6 amide bonds. The monoisotopic (exact) mass is 985 g/mol. The Labute approximate surface area is 408 Å². The predicted octanol–water partition coefficient (Wildman–Crippen LogP) is -0.0727. The number of nitrogens with zero attached hydrogens (tertiary/aromatic N) is 1. The fourth-order valence-electron chi connectivity index (χ4n) is 7.37. The number of para-hydroxylation sites is 1. The molecule has 0 saturated heterocycles. The predicted molar refractivity (Wildman–Crippen MR) is 266 cm³/mol. The number of amides is 6. The van der Waals surface area contributed by atoms with Crippen LogP contribution in [0.15, 0.2) is 85.5 Å². The van der Waals surface area contributed by atoms with Gasteiger partial charge in [0.1, 0.15) is 30.2 Å². The zero-order valence-electron chi connectivity index (χ0n) is 37.6. The number of imidazole rings is 1. The second-order valence-electron chi connectivity index (χ2n) is 16.3. The first kappa shape index (κ1) is 52.9. The highest BCUT2D eigenvalue weighted by Crippen LogP contribution is 2.20. The number of nitrogens with two attached hydrogens (primary N) is 2. The third-order valence-corrected chi connectivity index (χ3v) is 11.8. The highest BCUT2D eigenvalue weighted by molar-refractivity contribution is 7.80. The minimum Gasteiger partial charge on any atom is -0.480 e. The van der Waals surface area contributed by atoms with E-state index in [2.05, 4.69) is 77.4 Å². The van der Waals surface area contributed by atoms with Crippen molar-refractivity contribution in [3.63, 3.8) is 0 Å². The third kappa shape index (κ3) is 16.3. The van der Waals surface area contributed by atoms with Crippen molar-refractivity contribution in [1.29, 1.82) is 5.41 Å². The van der Waals surface area contributed by atoms with Gasteiger partial charge in [0.15, 0.2) is 5.96 Å². The van der Waals surface area contributed by atoms with Gasteiger partial charge in [-0.05, 0) is 47.2 Å². The van der Waals surface area contributed by atoms with E-state index in [9.17, 15) is 38.7 Å². The summed E-state index contributed by atoms with van der Waals surface area (Å²) in [5.41, 5.74) is 14.1. The lowest BCUT2D eigenvalue weighted by Gasteiger charge is -2.27. The summed E-state index contributed by atoms with van der Waals surface area (Å²) in [7, 11) is 0. The maximum Gasteiger partial charge on any atom is 0.327 e. The van der Waals surface area contributed by atoms with E-state index in [1.54, 1.807) is 12.4 Å². The van der Waals surface area contributed by atoms with Gasteiger partial charge in [0.25, 0.3) is 0 Å². The van der Waals surface area contributed by atoms with Gasteiger partial charge in [0, 0.05) is 73.6 Å². The zero-order valence-corrected chi connectivity index (χ0v) is 39.4. The van der Waals surface area contributed by atoms with Gasteiger partial charge < -0.3 is 63.8 Å². The average molecular weight is 986 g/mol. The fraction of sp³-hybridized carbons (Fsp3) is 0.370. The molecule has 21 nitrogen and oxygen atoms in total. The van der Waals surface area contributed by atoms with Crippen LogP contribution in [-0.2, 0) is 52.8 Å². The van der Waals surface area contributed by atoms with Gasteiger partial charge in [-0.3, -0.25) is 34.2 Å². The number of carboxylic acids is 1. The van der Waals surface area contributed by atoms with E-state index in [1.165, 1.54) is 6.33 Å². The molecule has 5 rings (SSSR count). The van der Waals surface area contributed by atoms with Crippen molar-refractivity contribution >= 4 is 94.3 Å². The molecule has 3 aromatic carbocycles. The number of carbonyl (C=O) groups is 7. The smallest absolute Gasteiger partial charge is 0.327 e.